The van der Waals surface area contributed by atoms with Crippen molar-refractivity contribution in [3.63, 3.8) is 0 Å². The van der Waals surface area contributed by atoms with E-state index in [1.54, 1.807) is 0 Å². The largest absolute Gasteiger partial charge is 0.494 e. The minimum Gasteiger partial charge on any atom is -0.494 e. The first-order valence-corrected chi connectivity index (χ1v) is 5.23. The van der Waals surface area contributed by atoms with Gasteiger partial charge in [-0.1, -0.05) is 12.1 Å². The van der Waals surface area contributed by atoms with Gasteiger partial charge in [0.25, 0.3) is 0 Å². The quantitative estimate of drug-likeness (QED) is 0.709. The summed E-state index contributed by atoms with van der Waals surface area (Å²) in [6, 6.07) is 6.37. The number of benzene rings is 1. The number of hydrogen-bond acceptors (Lipinski definition) is 2. The van der Waals surface area contributed by atoms with Gasteiger partial charge in [0.15, 0.2) is 0 Å². The van der Waals surface area contributed by atoms with Crippen LogP contribution in [0.1, 0.15) is 18.1 Å². The third kappa shape index (κ3) is 1.75. The molecule has 2 rings (SSSR count). The fourth-order valence-corrected chi connectivity index (χ4v) is 2.01. The van der Waals surface area contributed by atoms with Crippen molar-refractivity contribution in [3.05, 3.63) is 29.3 Å². The molecule has 0 saturated carbocycles. The van der Waals surface area contributed by atoms with Crippen molar-refractivity contribution in [1.29, 1.82) is 0 Å². The summed E-state index contributed by atoms with van der Waals surface area (Å²) in [5.74, 6) is 1.08. The Labute approximate surface area is 85.5 Å². The Morgan fingerprint density at radius 1 is 1.43 bits per heavy atom. The Morgan fingerprint density at radius 2 is 2.29 bits per heavy atom. The molecule has 1 aromatic rings. The molecule has 2 nitrogen and oxygen atoms in total. The lowest BCUT2D eigenvalue weighted by Gasteiger charge is -2.26. The van der Waals surface area contributed by atoms with Gasteiger partial charge in [0.05, 0.1) is 6.61 Å². The number of likely N-dealkylation sites (N-methyl/N-ethyl adjacent to an activating group) is 1. The van der Waals surface area contributed by atoms with Crippen LogP contribution < -0.4 is 4.74 Å². The summed E-state index contributed by atoms with van der Waals surface area (Å²) >= 11 is 0. The van der Waals surface area contributed by atoms with Crippen LogP contribution in [0.25, 0.3) is 0 Å². The van der Waals surface area contributed by atoms with Crippen LogP contribution in [0, 0.1) is 0 Å². The Kier molecular flexibility index (Phi) is 2.73. The molecule has 1 heterocycles. The van der Waals surface area contributed by atoms with Crippen molar-refractivity contribution in [2.75, 3.05) is 20.2 Å². The monoisotopic (exact) mass is 191 g/mol. The lowest BCUT2D eigenvalue weighted by Crippen LogP contribution is -2.26. The van der Waals surface area contributed by atoms with Gasteiger partial charge in [-0.3, -0.25) is 0 Å². The summed E-state index contributed by atoms with van der Waals surface area (Å²) < 4.78 is 5.62. The summed E-state index contributed by atoms with van der Waals surface area (Å²) in [7, 11) is 2.16. The van der Waals surface area contributed by atoms with Gasteiger partial charge in [-0.25, -0.2) is 0 Å². The first kappa shape index (κ1) is 9.53. The maximum atomic E-state index is 5.62. The molecule has 14 heavy (non-hydrogen) atoms. The summed E-state index contributed by atoms with van der Waals surface area (Å²) in [4.78, 5) is 2.35. The molecule has 0 aromatic heterocycles. The van der Waals surface area contributed by atoms with Crippen molar-refractivity contribution in [2.45, 2.75) is 19.9 Å². The first-order valence-electron chi connectivity index (χ1n) is 5.23. The Hall–Kier alpha value is -1.02. The van der Waals surface area contributed by atoms with Gasteiger partial charge in [0.2, 0.25) is 0 Å². The molecule has 0 amide bonds. The van der Waals surface area contributed by atoms with Crippen molar-refractivity contribution in [1.82, 2.24) is 4.90 Å². The van der Waals surface area contributed by atoms with Crippen molar-refractivity contribution >= 4 is 0 Å². The highest BCUT2D eigenvalue weighted by atomic mass is 16.5. The smallest absolute Gasteiger partial charge is 0.122 e. The van der Waals surface area contributed by atoms with E-state index >= 15 is 0 Å². The maximum Gasteiger partial charge on any atom is 0.122 e. The molecule has 0 saturated heterocycles. The Bertz CT molecular complexity index is 308. The second kappa shape index (κ2) is 4.01. The minimum absolute atomic E-state index is 0.756. The van der Waals surface area contributed by atoms with Crippen LogP contribution in [0.4, 0.5) is 0 Å². The number of ether oxygens (including phenoxy) is 1. The van der Waals surface area contributed by atoms with Crippen LogP contribution in [0.2, 0.25) is 0 Å². The molecular weight excluding hydrogens is 174 g/mol. The summed E-state index contributed by atoms with van der Waals surface area (Å²) in [6.07, 6.45) is 1.11. The molecule has 1 aliphatic heterocycles. The molecule has 0 fully saturated rings. The lowest BCUT2D eigenvalue weighted by atomic mass is 9.99. The number of rotatable bonds is 2. The van der Waals surface area contributed by atoms with Crippen LogP contribution >= 0.6 is 0 Å². The fourth-order valence-electron chi connectivity index (χ4n) is 2.01. The van der Waals surface area contributed by atoms with Crippen molar-refractivity contribution in [3.8, 4) is 5.75 Å². The zero-order valence-corrected chi connectivity index (χ0v) is 8.92. The average molecular weight is 191 g/mol. The molecule has 0 atom stereocenters. The van der Waals surface area contributed by atoms with Gasteiger partial charge in [0.1, 0.15) is 5.75 Å². The number of fused-ring (bicyclic) bond motifs is 1. The van der Waals surface area contributed by atoms with Crippen LogP contribution in [-0.2, 0) is 13.0 Å². The van der Waals surface area contributed by atoms with Gasteiger partial charge in [-0.15, -0.1) is 0 Å². The highest BCUT2D eigenvalue weighted by Crippen LogP contribution is 2.27. The second-order valence-corrected chi connectivity index (χ2v) is 3.81. The third-order valence-corrected chi connectivity index (χ3v) is 2.71. The summed E-state index contributed by atoms with van der Waals surface area (Å²) in [5, 5.41) is 0. The lowest BCUT2D eigenvalue weighted by molar-refractivity contribution is 0.297. The summed E-state index contributed by atoms with van der Waals surface area (Å²) in [5.41, 5.74) is 2.83. The molecule has 0 bridgehead atoms. The van der Waals surface area contributed by atoms with Crippen molar-refractivity contribution in [2.24, 2.45) is 0 Å². The van der Waals surface area contributed by atoms with Gasteiger partial charge in [-0.2, -0.15) is 0 Å². The van der Waals surface area contributed by atoms with Gasteiger partial charge < -0.3 is 9.64 Å². The number of nitrogens with zero attached hydrogens (tertiary/aromatic N) is 1. The van der Waals surface area contributed by atoms with Gasteiger partial charge >= 0.3 is 0 Å². The molecule has 1 aromatic carbocycles. The molecule has 0 unspecified atom stereocenters. The Balaban J connectivity index is 2.31. The van der Waals surface area contributed by atoms with E-state index in [-0.39, 0.29) is 0 Å². The molecule has 0 radical (unpaired) electrons. The van der Waals surface area contributed by atoms with Crippen LogP contribution in [0.5, 0.6) is 5.75 Å². The van der Waals surface area contributed by atoms with E-state index in [0.717, 1.165) is 31.9 Å². The molecule has 2 heteroatoms. The van der Waals surface area contributed by atoms with Crippen LogP contribution in [0.3, 0.4) is 0 Å². The standard InChI is InChI=1S/C12H17NO/c1-3-14-12-6-4-5-10-9-13(2)8-7-11(10)12/h4-6H,3,7-9H2,1-2H3. The van der Waals surface area contributed by atoms with E-state index in [0.29, 0.717) is 0 Å². The summed E-state index contributed by atoms with van der Waals surface area (Å²) in [6.45, 7) is 4.98. The molecule has 0 N–H and O–H groups in total. The third-order valence-electron chi connectivity index (χ3n) is 2.71. The van der Waals surface area contributed by atoms with E-state index in [9.17, 15) is 0 Å². The minimum atomic E-state index is 0.756. The zero-order valence-electron chi connectivity index (χ0n) is 8.92. The van der Waals surface area contributed by atoms with E-state index in [1.807, 2.05) is 6.92 Å². The average Bonchev–Trinajstić information content (AvgIpc) is 2.18. The fraction of sp³-hybridized carbons (Fsp3) is 0.500. The normalized spacial score (nSPS) is 16.4. The van der Waals surface area contributed by atoms with Crippen LogP contribution in [0.15, 0.2) is 18.2 Å². The molecule has 76 valence electrons. The van der Waals surface area contributed by atoms with Gasteiger partial charge in [0, 0.05) is 13.1 Å². The highest BCUT2D eigenvalue weighted by molar-refractivity contribution is 5.41. The maximum absolute atomic E-state index is 5.62. The molecule has 1 aliphatic rings. The molecular formula is C12H17NO. The predicted molar refractivity (Wildman–Crippen MR) is 57.6 cm³/mol. The highest BCUT2D eigenvalue weighted by Gasteiger charge is 2.16. The Morgan fingerprint density at radius 3 is 3.07 bits per heavy atom. The molecule has 0 spiro atoms. The predicted octanol–water partition coefficient (Wildman–Crippen LogP) is 2.07. The van der Waals surface area contributed by atoms with E-state index in [1.165, 1.54) is 11.1 Å². The van der Waals surface area contributed by atoms with Crippen LogP contribution in [-0.4, -0.2) is 25.1 Å². The van der Waals surface area contributed by atoms with Gasteiger partial charge in [-0.05, 0) is 37.6 Å². The second-order valence-electron chi connectivity index (χ2n) is 3.81. The SMILES string of the molecule is CCOc1cccc2c1CCN(C)C2. The van der Waals surface area contributed by atoms with E-state index in [2.05, 4.69) is 30.1 Å². The molecule has 0 aliphatic carbocycles. The first-order chi connectivity index (χ1) is 6.81. The van der Waals surface area contributed by atoms with E-state index < -0.39 is 0 Å². The van der Waals surface area contributed by atoms with E-state index in [4.69, 9.17) is 4.74 Å². The number of hydrogen-bond donors (Lipinski definition) is 0. The van der Waals surface area contributed by atoms with Crippen molar-refractivity contribution < 1.29 is 4.74 Å². The topological polar surface area (TPSA) is 12.5 Å². The zero-order chi connectivity index (χ0) is 9.97.